The molecule has 0 saturated heterocycles. The number of aliphatic carboxylic acids is 3. The minimum absolute atomic E-state index is 0.203. The molecule has 1 aromatic heterocycles. The number of hydrogen-bond donors (Lipinski definition) is 9. The molecule has 10 N–H and O–H groups in total. The maximum absolute atomic E-state index is 13.0. The van der Waals surface area contributed by atoms with Crippen molar-refractivity contribution in [2.75, 3.05) is 6.61 Å². The number of para-hydroxylation sites is 1. The number of carboxylic acid groups (broad SMARTS) is 3. The molecule has 0 radical (unpaired) electrons. The Kier molecular flexibility index (Phi) is 10.1. The molecule has 15 heteroatoms. The van der Waals surface area contributed by atoms with Gasteiger partial charge in [-0.15, -0.1) is 0 Å². The number of carboxylic acids is 3. The minimum Gasteiger partial charge on any atom is -0.481 e. The van der Waals surface area contributed by atoms with E-state index in [1.165, 1.54) is 0 Å². The number of hydrogen-bond acceptors (Lipinski definition) is 8. The number of aliphatic hydroxyl groups is 1. The van der Waals surface area contributed by atoms with Crippen molar-refractivity contribution in [3.63, 3.8) is 0 Å². The molecule has 0 aliphatic rings. The lowest BCUT2D eigenvalue weighted by Gasteiger charge is -2.24. The first kappa shape index (κ1) is 28.7. The van der Waals surface area contributed by atoms with Crippen LogP contribution in [0.25, 0.3) is 10.9 Å². The second kappa shape index (κ2) is 13.0. The Morgan fingerprint density at radius 1 is 0.811 bits per heavy atom. The van der Waals surface area contributed by atoms with Gasteiger partial charge < -0.3 is 47.1 Å². The van der Waals surface area contributed by atoms with Crippen LogP contribution in [-0.4, -0.2) is 91.8 Å². The number of nitrogens with two attached hydrogens (primary N) is 1. The molecule has 4 unspecified atom stereocenters. The number of aromatic nitrogens is 1. The van der Waals surface area contributed by atoms with Crippen molar-refractivity contribution in [3.05, 3.63) is 36.0 Å². The Hall–Kier alpha value is -4.50. The summed E-state index contributed by atoms with van der Waals surface area (Å²) in [7, 11) is 0. The number of aromatic amines is 1. The van der Waals surface area contributed by atoms with Gasteiger partial charge in [-0.05, 0) is 11.6 Å². The summed E-state index contributed by atoms with van der Waals surface area (Å²) in [5.74, 6) is -7.76. The van der Waals surface area contributed by atoms with Crippen LogP contribution in [0.1, 0.15) is 18.4 Å². The zero-order valence-corrected chi connectivity index (χ0v) is 19.3. The van der Waals surface area contributed by atoms with Crippen LogP contribution in [0, 0.1) is 0 Å². The summed E-state index contributed by atoms with van der Waals surface area (Å²) in [5.41, 5.74) is 6.63. The van der Waals surface area contributed by atoms with E-state index < -0.39 is 79.2 Å². The Balaban J connectivity index is 2.34. The normalized spacial score (nSPS) is 14.1. The molecule has 15 nitrogen and oxygen atoms in total. The van der Waals surface area contributed by atoms with Crippen molar-refractivity contribution in [1.82, 2.24) is 20.9 Å². The van der Waals surface area contributed by atoms with E-state index >= 15 is 0 Å². The summed E-state index contributed by atoms with van der Waals surface area (Å²) in [4.78, 5) is 74.7. The molecule has 0 saturated carbocycles. The van der Waals surface area contributed by atoms with E-state index in [2.05, 4.69) is 20.9 Å². The molecule has 0 spiro atoms. The van der Waals surface area contributed by atoms with Crippen LogP contribution in [0.3, 0.4) is 0 Å². The van der Waals surface area contributed by atoms with Gasteiger partial charge in [-0.25, -0.2) is 4.79 Å². The van der Waals surface area contributed by atoms with Crippen molar-refractivity contribution in [1.29, 1.82) is 0 Å². The molecule has 0 aliphatic heterocycles. The Labute approximate surface area is 209 Å². The van der Waals surface area contributed by atoms with Crippen LogP contribution >= 0.6 is 0 Å². The van der Waals surface area contributed by atoms with Crippen molar-refractivity contribution < 1.29 is 49.2 Å². The highest BCUT2D eigenvalue weighted by molar-refractivity contribution is 5.96. The number of benzene rings is 1. The third-order valence-corrected chi connectivity index (χ3v) is 5.27. The summed E-state index contributed by atoms with van der Waals surface area (Å²) in [5, 5.41) is 43.5. The highest BCUT2D eigenvalue weighted by atomic mass is 16.4. The first-order valence-corrected chi connectivity index (χ1v) is 10.9. The molecule has 3 amide bonds. The molecule has 1 aromatic carbocycles. The van der Waals surface area contributed by atoms with Crippen LogP contribution in [0.2, 0.25) is 0 Å². The van der Waals surface area contributed by atoms with Gasteiger partial charge in [0.05, 0.1) is 19.4 Å². The van der Waals surface area contributed by atoms with E-state index in [9.17, 15) is 33.9 Å². The first-order valence-electron chi connectivity index (χ1n) is 10.9. The van der Waals surface area contributed by atoms with E-state index in [1.807, 2.05) is 0 Å². The predicted octanol–water partition coefficient (Wildman–Crippen LogP) is -2.48. The summed E-state index contributed by atoms with van der Waals surface area (Å²) in [6, 6.07) is 0.510. The van der Waals surface area contributed by atoms with E-state index in [4.69, 9.17) is 21.1 Å². The molecular formula is C22H27N5O10. The summed E-state index contributed by atoms with van der Waals surface area (Å²) >= 11 is 0. The molecular weight excluding hydrogens is 494 g/mol. The molecule has 0 aliphatic carbocycles. The molecule has 200 valence electrons. The van der Waals surface area contributed by atoms with Crippen LogP contribution < -0.4 is 21.7 Å². The van der Waals surface area contributed by atoms with Gasteiger partial charge in [0.15, 0.2) is 0 Å². The van der Waals surface area contributed by atoms with Gasteiger partial charge in [0.1, 0.15) is 24.2 Å². The fraction of sp³-hybridized carbons (Fsp3) is 0.364. The number of aliphatic hydroxyl groups excluding tert-OH is 1. The average Bonchev–Trinajstić information content (AvgIpc) is 3.24. The number of H-pyrrole nitrogens is 1. The lowest BCUT2D eigenvalue weighted by molar-refractivity contribution is -0.147. The number of rotatable bonds is 14. The Morgan fingerprint density at radius 2 is 1.35 bits per heavy atom. The third kappa shape index (κ3) is 8.29. The summed E-state index contributed by atoms with van der Waals surface area (Å²) < 4.78 is 0. The summed E-state index contributed by atoms with van der Waals surface area (Å²) in [6.45, 7) is -0.779. The number of fused-ring (bicyclic) bond motifs is 1. The van der Waals surface area contributed by atoms with Gasteiger partial charge >= 0.3 is 17.9 Å². The fourth-order valence-electron chi connectivity index (χ4n) is 3.39. The number of carbonyl (C=O) groups excluding carboxylic acids is 3. The molecule has 37 heavy (non-hydrogen) atoms. The van der Waals surface area contributed by atoms with Crippen molar-refractivity contribution in [2.24, 2.45) is 5.73 Å². The van der Waals surface area contributed by atoms with E-state index in [0.29, 0.717) is 16.5 Å². The number of amides is 3. The maximum atomic E-state index is 13.0. The van der Waals surface area contributed by atoms with Crippen LogP contribution in [0.15, 0.2) is 30.5 Å². The van der Waals surface area contributed by atoms with Crippen LogP contribution in [0.5, 0.6) is 0 Å². The third-order valence-electron chi connectivity index (χ3n) is 5.27. The molecule has 2 rings (SSSR count). The quantitative estimate of drug-likeness (QED) is 0.126. The van der Waals surface area contributed by atoms with Gasteiger partial charge in [0, 0.05) is 23.5 Å². The van der Waals surface area contributed by atoms with E-state index in [0.717, 1.165) is 0 Å². The van der Waals surface area contributed by atoms with Crippen LogP contribution in [-0.2, 0) is 35.2 Å². The average molecular weight is 521 g/mol. The molecule has 2 aromatic rings. The lowest BCUT2D eigenvalue weighted by atomic mass is 10.0. The fourth-order valence-corrected chi connectivity index (χ4v) is 3.39. The van der Waals surface area contributed by atoms with Gasteiger partial charge in [-0.3, -0.25) is 24.0 Å². The smallest absolute Gasteiger partial charge is 0.326 e. The monoisotopic (exact) mass is 521 g/mol. The Morgan fingerprint density at radius 3 is 1.95 bits per heavy atom. The standard InChI is InChI=1S/C22H27N5O10/c23-12(9-28)19(33)25-15(6-17(29)30)21(35)26-14(20(34)27-16(22(36)37)7-18(31)32)5-10-8-24-13-4-2-1-3-11(10)13/h1-4,8,12,14-16,24,28H,5-7,9,23H2,(H,25,33)(H,26,35)(H,27,34)(H,29,30)(H,31,32)(H,36,37). The first-order chi connectivity index (χ1) is 17.4. The van der Waals surface area contributed by atoms with E-state index in [1.54, 1.807) is 30.5 Å². The molecule has 0 fully saturated rings. The molecule has 0 bridgehead atoms. The second-order valence-corrected chi connectivity index (χ2v) is 8.07. The predicted molar refractivity (Wildman–Crippen MR) is 125 cm³/mol. The molecule has 4 atom stereocenters. The zero-order chi connectivity index (χ0) is 27.7. The minimum atomic E-state index is -1.82. The van der Waals surface area contributed by atoms with E-state index in [-0.39, 0.29) is 6.42 Å². The van der Waals surface area contributed by atoms with Crippen molar-refractivity contribution in [2.45, 2.75) is 43.4 Å². The highest BCUT2D eigenvalue weighted by Gasteiger charge is 2.32. The Bertz CT molecular complexity index is 1180. The summed E-state index contributed by atoms with van der Waals surface area (Å²) in [6.07, 6.45) is -0.482. The van der Waals surface area contributed by atoms with Crippen molar-refractivity contribution in [3.8, 4) is 0 Å². The van der Waals surface area contributed by atoms with Gasteiger partial charge in [-0.2, -0.15) is 0 Å². The zero-order valence-electron chi connectivity index (χ0n) is 19.3. The van der Waals surface area contributed by atoms with Crippen molar-refractivity contribution >= 4 is 46.5 Å². The van der Waals surface area contributed by atoms with Gasteiger partial charge in [0.25, 0.3) is 0 Å². The van der Waals surface area contributed by atoms with Gasteiger partial charge in [-0.1, -0.05) is 18.2 Å². The number of carbonyl (C=O) groups is 6. The number of nitrogens with one attached hydrogen (secondary N) is 4. The maximum Gasteiger partial charge on any atom is 0.326 e. The second-order valence-electron chi connectivity index (χ2n) is 8.07. The molecule has 1 heterocycles. The highest BCUT2D eigenvalue weighted by Crippen LogP contribution is 2.19. The van der Waals surface area contributed by atoms with Crippen LogP contribution in [0.4, 0.5) is 0 Å². The largest absolute Gasteiger partial charge is 0.481 e. The lowest BCUT2D eigenvalue weighted by Crippen LogP contribution is -2.58. The SMILES string of the molecule is NC(CO)C(=O)NC(CC(=O)O)C(=O)NC(Cc1c[nH]c2ccccc12)C(=O)NC(CC(=O)O)C(=O)O. The van der Waals surface area contributed by atoms with Gasteiger partial charge in [0.2, 0.25) is 17.7 Å². The topological polar surface area (TPSA) is 261 Å².